The molecule has 0 saturated carbocycles. The van der Waals surface area contributed by atoms with Gasteiger partial charge in [0.1, 0.15) is 5.82 Å². The second kappa shape index (κ2) is 9.95. The van der Waals surface area contributed by atoms with E-state index in [1.54, 1.807) is 0 Å². The first kappa shape index (κ1) is 22.6. The molecule has 5 rings (SSSR count). The van der Waals surface area contributed by atoms with Gasteiger partial charge in [0.05, 0.1) is 23.5 Å². The van der Waals surface area contributed by atoms with Gasteiger partial charge in [-0.1, -0.05) is 35.0 Å². The molecule has 3 heterocycles. The summed E-state index contributed by atoms with van der Waals surface area (Å²) in [5.74, 6) is 1.47. The fourth-order valence-electron chi connectivity index (χ4n) is 5.20. The predicted octanol–water partition coefficient (Wildman–Crippen LogP) is 4.16. The molecule has 0 radical (unpaired) electrons. The van der Waals surface area contributed by atoms with Gasteiger partial charge in [-0.3, -0.25) is 14.3 Å². The summed E-state index contributed by atoms with van der Waals surface area (Å²) in [6, 6.07) is 16.7. The maximum Gasteiger partial charge on any atom is 0.227 e. The van der Waals surface area contributed by atoms with E-state index in [0.29, 0.717) is 5.91 Å². The number of aromatic nitrogens is 2. The van der Waals surface area contributed by atoms with Gasteiger partial charge in [-0.15, -0.1) is 0 Å². The zero-order valence-electron chi connectivity index (χ0n) is 19.3. The number of carbonyl (C=O) groups excluding carboxylic acids is 1. The number of carbonyl (C=O) groups is 1. The quantitative estimate of drug-likeness (QED) is 0.517. The number of halogens is 1. The van der Waals surface area contributed by atoms with Crippen molar-refractivity contribution in [3.63, 3.8) is 0 Å². The van der Waals surface area contributed by atoms with E-state index >= 15 is 0 Å². The maximum atomic E-state index is 13.3. The van der Waals surface area contributed by atoms with E-state index < -0.39 is 0 Å². The third-order valence-electron chi connectivity index (χ3n) is 7.07. The molecule has 6 nitrogen and oxygen atoms in total. The molecule has 0 spiro atoms. The van der Waals surface area contributed by atoms with Gasteiger partial charge in [-0.2, -0.15) is 0 Å². The highest BCUT2D eigenvalue weighted by molar-refractivity contribution is 9.10. The lowest BCUT2D eigenvalue weighted by atomic mass is 9.96. The van der Waals surface area contributed by atoms with Crippen molar-refractivity contribution < 1.29 is 4.79 Å². The van der Waals surface area contributed by atoms with Crippen LogP contribution >= 0.6 is 15.9 Å². The molecule has 2 aliphatic rings. The lowest BCUT2D eigenvalue weighted by Gasteiger charge is -2.38. The first-order chi connectivity index (χ1) is 16.1. The number of para-hydroxylation sites is 2. The minimum absolute atomic E-state index is 0.0948. The standard InChI is InChI=1S/C26H32BrN5O/c1-2-29-14-16-31(17-15-29)26(33)20-6-5-13-30(18-20)19-25-28-23-7-3-4-8-24(23)32(25)22-11-9-21(27)10-12-22/h3-4,7-12,20H,2,5-6,13-19H2,1H3/t20-/m0/s1. The molecule has 1 aromatic heterocycles. The Morgan fingerprint density at radius 2 is 1.76 bits per heavy atom. The third-order valence-corrected chi connectivity index (χ3v) is 7.59. The van der Waals surface area contributed by atoms with E-state index in [2.05, 4.69) is 84.6 Å². The maximum absolute atomic E-state index is 13.3. The molecule has 0 unspecified atom stereocenters. The second-order valence-corrected chi connectivity index (χ2v) is 10.1. The lowest BCUT2D eigenvalue weighted by Crippen LogP contribution is -2.52. The molecular formula is C26H32BrN5O. The number of imidazole rings is 1. The third kappa shape index (κ3) is 4.86. The Balaban J connectivity index is 1.34. The van der Waals surface area contributed by atoms with Crippen molar-refractivity contribution in [3.8, 4) is 5.69 Å². The van der Waals surface area contributed by atoms with Crippen LogP contribution in [0.1, 0.15) is 25.6 Å². The number of benzene rings is 2. The van der Waals surface area contributed by atoms with Gasteiger partial charge in [0.25, 0.3) is 0 Å². The summed E-state index contributed by atoms with van der Waals surface area (Å²) < 4.78 is 3.33. The number of rotatable bonds is 5. The van der Waals surface area contributed by atoms with Crippen molar-refractivity contribution in [2.45, 2.75) is 26.3 Å². The molecule has 2 aliphatic heterocycles. The van der Waals surface area contributed by atoms with Crippen LogP contribution in [0.4, 0.5) is 0 Å². The van der Waals surface area contributed by atoms with Gasteiger partial charge in [0.2, 0.25) is 5.91 Å². The Labute approximate surface area is 204 Å². The molecule has 7 heteroatoms. The largest absolute Gasteiger partial charge is 0.340 e. The highest BCUT2D eigenvalue weighted by Crippen LogP contribution is 2.26. The first-order valence-corrected chi connectivity index (χ1v) is 12.9. The molecule has 2 saturated heterocycles. The van der Waals surface area contributed by atoms with Gasteiger partial charge < -0.3 is 9.80 Å². The van der Waals surface area contributed by atoms with Crippen LogP contribution in [0.2, 0.25) is 0 Å². The van der Waals surface area contributed by atoms with E-state index in [4.69, 9.17) is 4.98 Å². The summed E-state index contributed by atoms with van der Waals surface area (Å²) in [4.78, 5) is 25.2. The van der Waals surface area contributed by atoms with E-state index in [9.17, 15) is 4.79 Å². The van der Waals surface area contributed by atoms with Crippen molar-refractivity contribution >= 4 is 32.9 Å². The molecule has 0 aliphatic carbocycles. The SMILES string of the molecule is CCN1CCN(C(=O)[C@H]2CCCN(Cc3nc4ccccc4n3-c3ccc(Br)cc3)C2)CC1. The number of nitrogens with zero attached hydrogens (tertiary/aromatic N) is 5. The summed E-state index contributed by atoms with van der Waals surface area (Å²) in [7, 11) is 0. The van der Waals surface area contributed by atoms with E-state index in [0.717, 1.165) is 92.2 Å². The number of hydrogen-bond acceptors (Lipinski definition) is 4. The Kier molecular flexibility index (Phi) is 6.81. The summed E-state index contributed by atoms with van der Waals surface area (Å²) in [5, 5.41) is 0. The fraction of sp³-hybridized carbons (Fsp3) is 0.462. The Hall–Kier alpha value is -2.22. The van der Waals surface area contributed by atoms with Crippen LogP contribution in [0.15, 0.2) is 53.0 Å². The van der Waals surface area contributed by atoms with E-state index in [-0.39, 0.29) is 5.92 Å². The van der Waals surface area contributed by atoms with Crippen molar-refractivity contribution in [2.75, 3.05) is 45.8 Å². The minimum Gasteiger partial charge on any atom is -0.340 e. The Bertz CT molecular complexity index is 1100. The highest BCUT2D eigenvalue weighted by atomic mass is 79.9. The number of piperazine rings is 1. The minimum atomic E-state index is 0.0948. The van der Waals surface area contributed by atoms with Crippen molar-refractivity contribution in [1.82, 2.24) is 24.3 Å². The van der Waals surface area contributed by atoms with Crippen LogP contribution < -0.4 is 0 Å². The summed E-state index contributed by atoms with van der Waals surface area (Å²) in [5.41, 5.74) is 3.24. The van der Waals surface area contributed by atoms with Gasteiger partial charge in [-0.25, -0.2) is 4.98 Å². The van der Waals surface area contributed by atoms with Crippen LogP contribution in [0.3, 0.4) is 0 Å². The molecule has 0 N–H and O–H groups in total. The fourth-order valence-corrected chi connectivity index (χ4v) is 5.47. The predicted molar refractivity (Wildman–Crippen MR) is 135 cm³/mol. The summed E-state index contributed by atoms with van der Waals surface area (Å²) in [6.07, 6.45) is 2.05. The number of piperidine rings is 1. The highest BCUT2D eigenvalue weighted by Gasteiger charge is 2.31. The smallest absolute Gasteiger partial charge is 0.227 e. The summed E-state index contributed by atoms with van der Waals surface area (Å²) >= 11 is 3.55. The molecule has 3 aromatic rings. The molecule has 174 valence electrons. The Morgan fingerprint density at radius 1 is 1.00 bits per heavy atom. The van der Waals surface area contributed by atoms with Crippen molar-refractivity contribution in [1.29, 1.82) is 0 Å². The van der Waals surface area contributed by atoms with Gasteiger partial charge in [-0.05, 0) is 62.3 Å². The van der Waals surface area contributed by atoms with E-state index in [1.165, 1.54) is 0 Å². The van der Waals surface area contributed by atoms with Crippen LogP contribution in [0.5, 0.6) is 0 Å². The molecule has 1 amide bonds. The van der Waals surface area contributed by atoms with Gasteiger partial charge in [0, 0.05) is 42.9 Å². The normalized spacial score (nSPS) is 20.4. The molecule has 2 aromatic carbocycles. The Morgan fingerprint density at radius 3 is 2.52 bits per heavy atom. The topological polar surface area (TPSA) is 44.6 Å². The number of likely N-dealkylation sites (tertiary alicyclic amines) is 1. The van der Waals surface area contributed by atoms with Crippen molar-refractivity contribution in [3.05, 3.63) is 58.8 Å². The van der Waals surface area contributed by atoms with Crippen molar-refractivity contribution in [2.24, 2.45) is 5.92 Å². The monoisotopic (exact) mass is 509 g/mol. The molecular weight excluding hydrogens is 478 g/mol. The molecule has 2 fully saturated rings. The number of amides is 1. The molecule has 33 heavy (non-hydrogen) atoms. The first-order valence-electron chi connectivity index (χ1n) is 12.1. The van der Waals surface area contributed by atoms with Crippen LogP contribution in [0, 0.1) is 5.92 Å². The molecule has 0 bridgehead atoms. The zero-order valence-corrected chi connectivity index (χ0v) is 20.9. The van der Waals surface area contributed by atoms with Crippen LogP contribution in [-0.4, -0.2) is 76.0 Å². The van der Waals surface area contributed by atoms with Gasteiger partial charge in [0.15, 0.2) is 0 Å². The average molecular weight is 510 g/mol. The number of fused-ring (bicyclic) bond motifs is 1. The van der Waals surface area contributed by atoms with Crippen LogP contribution in [-0.2, 0) is 11.3 Å². The van der Waals surface area contributed by atoms with Gasteiger partial charge >= 0.3 is 0 Å². The second-order valence-electron chi connectivity index (χ2n) is 9.16. The average Bonchev–Trinajstić information content (AvgIpc) is 3.22. The summed E-state index contributed by atoms with van der Waals surface area (Å²) in [6.45, 7) is 9.55. The lowest BCUT2D eigenvalue weighted by molar-refractivity contribution is -0.139. The number of likely N-dealkylation sites (N-methyl/N-ethyl adjacent to an activating group) is 1. The van der Waals surface area contributed by atoms with E-state index in [1.807, 2.05) is 6.07 Å². The zero-order chi connectivity index (χ0) is 22.8. The molecule has 1 atom stereocenters. The number of hydrogen-bond donors (Lipinski definition) is 0. The van der Waals surface area contributed by atoms with Crippen LogP contribution in [0.25, 0.3) is 16.7 Å².